The molecule has 7 nitrogen and oxygen atoms in total. The molecule has 1 aliphatic carbocycles. The predicted molar refractivity (Wildman–Crippen MR) is 132 cm³/mol. The number of aliphatic hydroxyl groups is 1. The van der Waals surface area contributed by atoms with Gasteiger partial charge in [0, 0.05) is 12.2 Å². The Hall–Kier alpha value is -1.45. The monoisotopic (exact) mass is 471 g/mol. The molecule has 3 rings (SSSR count). The molecule has 9 heteroatoms. The second-order valence-electron chi connectivity index (χ2n) is 8.38. The molecule has 0 radical (unpaired) electrons. The van der Waals surface area contributed by atoms with E-state index in [9.17, 15) is 19.7 Å². The van der Waals surface area contributed by atoms with Gasteiger partial charge in [0.15, 0.2) is 6.35 Å². The summed E-state index contributed by atoms with van der Waals surface area (Å²) in [5, 5.41) is 22.5. The number of hydrogen-bond donors (Lipinski definition) is 4. The normalized spacial score (nSPS) is 16.9. The molecular weight excluding hydrogens is 436 g/mol. The molecule has 33 heavy (non-hydrogen) atoms. The Balaban J connectivity index is 0.00000385. The number of ether oxygens (including phenoxy) is 2. The minimum atomic E-state index is -3.28. The first-order valence-corrected chi connectivity index (χ1v) is 13.2. The van der Waals surface area contributed by atoms with Gasteiger partial charge in [-0.15, -0.1) is 0 Å². The van der Waals surface area contributed by atoms with Crippen LogP contribution in [0.5, 0.6) is 17.2 Å². The van der Waals surface area contributed by atoms with Crippen LogP contribution in [0.2, 0.25) is 0 Å². The molecule has 178 valence electrons. The van der Waals surface area contributed by atoms with Crippen LogP contribution in [-0.2, 0) is 11.0 Å². The van der Waals surface area contributed by atoms with Crippen LogP contribution in [0.1, 0.15) is 37.7 Å². The zero-order chi connectivity index (χ0) is 22.8. The second kappa shape index (κ2) is 14.1. The van der Waals surface area contributed by atoms with E-state index in [1.165, 1.54) is 12.1 Å². The number of rotatable bonds is 12. The Labute approximate surface area is 208 Å². The van der Waals surface area contributed by atoms with E-state index in [0.29, 0.717) is 24.6 Å². The van der Waals surface area contributed by atoms with Crippen LogP contribution in [0.4, 0.5) is 0 Å². The number of phenols is 1. The second-order valence-corrected chi connectivity index (χ2v) is 10.9. The van der Waals surface area contributed by atoms with Crippen molar-refractivity contribution < 1.29 is 29.1 Å². The van der Waals surface area contributed by atoms with Crippen LogP contribution in [0, 0.1) is 0 Å². The molecule has 0 spiro atoms. The average Bonchev–Trinajstić information content (AvgIpc) is 2.81. The Kier molecular flexibility index (Phi) is 11.8. The van der Waals surface area contributed by atoms with E-state index in [1.54, 1.807) is 12.1 Å². The molecule has 2 aromatic carbocycles. The van der Waals surface area contributed by atoms with Crippen molar-refractivity contribution in [2.24, 2.45) is 0 Å². The van der Waals surface area contributed by atoms with Crippen LogP contribution in [0.3, 0.4) is 0 Å². The number of phenolic OH excluding ortho intramolecular Hbond substituents is 1. The molecule has 0 aliphatic heterocycles. The van der Waals surface area contributed by atoms with E-state index >= 15 is 0 Å². The summed E-state index contributed by atoms with van der Waals surface area (Å²) in [7, 11) is -3.28. The van der Waals surface area contributed by atoms with Gasteiger partial charge in [0.25, 0.3) is 0 Å². The molecule has 1 fully saturated rings. The maximum absolute atomic E-state index is 12.6. The fraction of sp³-hybridized carbons (Fsp3) is 0.500. The molecule has 0 heterocycles. The zero-order valence-electron chi connectivity index (χ0n) is 18.4. The number of aromatic hydroxyl groups is 1. The molecule has 1 unspecified atom stereocenters. The van der Waals surface area contributed by atoms with E-state index < -0.39 is 13.5 Å². The Morgan fingerprint density at radius 1 is 0.970 bits per heavy atom. The van der Waals surface area contributed by atoms with Gasteiger partial charge in [-0.1, -0.05) is 31.4 Å². The van der Waals surface area contributed by atoms with Crippen LogP contribution < -0.4 is 14.8 Å². The Bertz CT molecular complexity index is 858. The molecule has 0 saturated heterocycles. The maximum atomic E-state index is 12.6. The van der Waals surface area contributed by atoms with Gasteiger partial charge in [0.05, 0.1) is 0 Å². The fourth-order valence-electron chi connectivity index (χ4n) is 3.80. The van der Waals surface area contributed by atoms with E-state index in [0.717, 1.165) is 44.1 Å². The van der Waals surface area contributed by atoms with Crippen LogP contribution >= 0.6 is 7.37 Å². The summed E-state index contributed by atoms with van der Waals surface area (Å²) in [5.41, 5.74) is 0.989. The SMILES string of the molecule is O=P(O)(COc1ccc(CCNC[C@H](O)COc2ccc(O)cc2)cc1)C1CCCCC1.[LiH]. The molecule has 2 atom stereocenters. The first-order chi connectivity index (χ1) is 15.4. The number of benzene rings is 2. The average molecular weight is 471 g/mol. The van der Waals surface area contributed by atoms with Gasteiger partial charge in [-0.3, -0.25) is 4.57 Å². The van der Waals surface area contributed by atoms with Crippen molar-refractivity contribution >= 4 is 26.2 Å². The first-order valence-electron chi connectivity index (χ1n) is 11.3. The van der Waals surface area contributed by atoms with Gasteiger partial charge in [0.2, 0.25) is 7.37 Å². The van der Waals surface area contributed by atoms with Crippen molar-refractivity contribution in [1.82, 2.24) is 5.32 Å². The Morgan fingerprint density at radius 3 is 2.24 bits per heavy atom. The third-order valence-corrected chi connectivity index (χ3v) is 7.89. The third-order valence-electron chi connectivity index (χ3n) is 5.73. The summed E-state index contributed by atoms with van der Waals surface area (Å²) in [6, 6.07) is 13.9. The first kappa shape index (κ1) is 27.8. The van der Waals surface area contributed by atoms with Crippen molar-refractivity contribution in [2.75, 3.05) is 26.0 Å². The summed E-state index contributed by atoms with van der Waals surface area (Å²) >= 11 is 0. The van der Waals surface area contributed by atoms with Crippen molar-refractivity contribution in [3.05, 3.63) is 54.1 Å². The Morgan fingerprint density at radius 2 is 1.58 bits per heavy atom. The summed E-state index contributed by atoms with van der Waals surface area (Å²) in [6.07, 6.45) is 4.87. The summed E-state index contributed by atoms with van der Waals surface area (Å²) in [5.74, 6) is 1.38. The molecule has 1 aliphatic rings. The van der Waals surface area contributed by atoms with Gasteiger partial charge in [-0.25, -0.2) is 0 Å². The third kappa shape index (κ3) is 9.74. The van der Waals surface area contributed by atoms with Gasteiger partial charge in [0.1, 0.15) is 30.0 Å². The van der Waals surface area contributed by atoms with E-state index in [1.807, 2.05) is 24.3 Å². The zero-order valence-corrected chi connectivity index (χ0v) is 19.3. The summed E-state index contributed by atoms with van der Waals surface area (Å²) in [6.45, 7) is 1.27. The number of aliphatic hydroxyl groups excluding tert-OH is 1. The predicted octanol–water partition coefficient (Wildman–Crippen LogP) is 3.26. The standard InChI is InChI=1S/C24H34NO6P.Li.H/c26-20-8-12-22(13-9-20)30-17-21(27)16-25-15-14-19-6-10-23(11-7-19)31-18-32(28,29)24-4-2-1-3-5-24;;/h6-13,21,24-27H,1-5,14-18H2,(H,28,29);;/t21-;;/m0../s1. The van der Waals surface area contributed by atoms with Crippen molar-refractivity contribution in [1.29, 1.82) is 0 Å². The van der Waals surface area contributed by atoms with Crippen molar-refractivity contribution in [3.63, 3.8) is 0 Å². The van der Waals surface area contributed by atoms with Crippen LogP contribution in [-0.4, -0.2) is 71.8 Å². The van der Waals surface area contributed by atoms with E-state index in [4.69, 9.17) is 9.47 Å². The van der Waals surface area contributed by atoms with Crippen molar-refractivity contribution in [2.45, 2.75) is 50.3 Å². The van der Waals surface area contributed by atoms with Gasteiger partial charge < -0.3 is 29.9 Å². The van der Waals surface area contributed by atoms with E-state index in [-0.39, 0.29) is 43.2 Å². The fourth-order valence-corrected chi connectivity index (χ4v) is 5.52. The summed E-state index contributed by atoms with van der Waals surface area (Å²) in [4.78, 5) is 10.3. The van der Waals surface area contributed by atoms with Crippen LogP contribution in [0.15, 0.2) is 48.5 Å². The quantitative estimate of drug-likeness (QED) is 0.214. The van der Waals surface area contributed by atoms with Gasteiger partial charge in [-0.05, 0) is 67.8 Å². The van der Waals surface area contributed by atoms with E-state index in [2.05, 4.69) is 5.32 Å². The number of nitrogens with one attached hydrogen (secondary N) is 1. The van der Waals surface area contributed by atoms with Gasteiger partial charge >= 0.3 is 18.9 Å². The topological polar surface area (TPSA) is 108 Å². The molecule has 4 N–H and O–H groups in total. The number of hydrogen-bond acceptors (Lipinski definition) is 6. The molecule has 0 bridgehead atoms. The van der Waals surface area contributed by atoms with Crippen LogP contribution in [0.25, 0.3) is 0 Å². The minimum absolute atomic E-state index is 0. The molecular formula is C24H35LiNO6P. The molecule has 2 aromatic rings. The molecule has 0 amide bonds. The molecule has 0 aromatic heterocycles. The van der Waals surface area contributed by atoms with Gasteiger partial charge in [-0.2, -0.15) is 0 Å². The molecule has 1 saturated carbocycles. The van der Waals surface area contributed by atoms with Crippen molar-refractivity contribution in [3.8, 4) is 17.2 Å². The summed E-state index contributed by atoms with van der Waals surface area (Å²) < 4.78 is 23.7.